The number of nitrogens with one attached hydrogen (secondary N) is 1. The van der Waals surface area contributed by atoms with Crippen LogP contribution in [0.5, 0.6) is 5.75 Å². The molecule has 3 rings (SSSR count). The van der Waals surface area contributed by atoms with Crippen LogP contribution >= 0.6 is 23.1 Å². The van der Waals surface area contributed by atoms with E-state index in [-0.39, 0.29) is 11.7 Å². The number of hydrogen-bond acceptors (Lipinski definition) is 7. The van der Waals surface area contributed by atoms with E-state index in [4.69, 9.17) is 5.84 Å². The molecule has 0 fully saturated rings. The van der Waals surface area contributed by atoms with Crippen LogP contribution in [0.1, 0.15) is 6.92 Å². The normalized spacial score (nSPS) is 12.1. The van der Waals surface area contributed by atoms with Crippen molar-refractivity contribution >= 4 is 34.7 Å². The summed E-state index contributed by atoms with van der Waals surface area (Å²) >= 11 is 2.65. The summed E-state index contributed by atoms with van der Waals surface area (Å²) in [5.41, 5.74) is 0.461. The quantitative estimate of drug-likeness (QED) is 0.457. The number of amides is 1. The van der Waals surface area contributed by atoms with Gasteiger partial charge in [-0.2, -0.15) is 8.78 Å². The molecule has 0 saturated carbocycles. The Morgan fingerprint density at radius 1 is 1.30 bits per heavy atom. The first kappa shape index (κ1) is 19.1. The molecule has 11 heteroatoms. The molecule has 0 spiro atoms. The van der Waals surface area contributed by atoms with E-state index in [1.54, 1.807) is 6.92 Å². The molecule has 0 aliphatic heterocycles. The van der Waals surface area contributed by atoms with Gasteiger partial charge in [0.2, 0.25) is 11.1 Å². The van der Waals surface area contributed by atoms with Gasteiger partial charge in [0.1, 0.15) is 5.75 Å². The molecule has 0 radical (unpaired) electrons. The molecule has 27 heavy (non-hydrogen) atoms. The topological polar surface area (TPSA) is 95.1 Å². The van der Waals surface area contributed by atoms with Gasteiger partial charge in [-0.3, -0.25) is 4.79 Å². The smallest absolute Gasteiger partial charge is 0.387 e. The summed E-state index contributed by atoms with van der Waals surface area (Å²) in [5, 5.41) is 12.6. The number of carbonyl (C=O) groups excluding carboxylic acids is 1. The molecular weight excluding hydrogens is 396 g/mol. The number of thioether (sulfide) groups is 1. The number of benzene rings is 1. The van der Waals surface area contributed by atoms with Gasteiger partial charge in [0.05, 0.1) is 10.1 Å². The number of rotatable bonds is 7. The van der Waals surface area contributed by atoms with Gasteiger partial charge >= 0.3 is 6.61 Å². The summed E-state index contributed by atoms with van der Waals surface area (Å²) in [6.45, 7) is -1.19. The number of aromatic nitrogens is 3. The molecule has 1 atom stereocenters. The average Bonchev–Trinajstić information content (AvgIpc) is 3.27. The first-order chi connectivity index (χ1) is 12.9. The minimum absolute atomic E-state index is 0.0164. The summed E-state index contributed by atoms with van der Waals surface area (Å²) in [4.78, 5) is 13.2. The molecule has 1 unspecified atom stereocenters. The van der Waals surface area contributed by atoms with E-state index >= 15 is 0 Å². The Morgan fingerprint density at radius 3 is 2.67 bits per heavy atom. The van der Waals surface area contributed by atoms with Crippen molar-refractivity contribution in [2.24, 2.45) is 0 Å². The van der Waals surface area contributed by atoms with Crippen molar-refractivity contribution in [1.82, 2.24) is 14.9 Å². The predicted octanol–water partition coefficient (Wildman–Crippen LogP) is 3.44. The third-order valence-electron chi connectivity index (χ3n) is 3.40. The van der Waals surface area contributed by atoms with Gasteiger partial charge in [0, 0.05) is 5.69 Å². The molecule has 0 bridgehead atoms. The van der Waals surface area contributed by atoms with E-state index in [1.807, 2.05) is 17.5 Å². The van der Waals surface area contributed by atoms with Crippen LogP contribution in [0.2, 0.25) is 0 Å². The molecule has 0 saturated heterocycles. The zero-order valence-electron chi connectivity index (χ0n) is 14.0. The molecule has 2 heterocycles. The number of ether oxygens (including phenoxy) is 1. The second-order valence-corrected chi connectivity index (χ2v) is 7.56. The molecule has 0 aliphatic carbocycles. The minimum atomic E-state index is -2.89. The van der Waals surface area contributed by atoms with E-state index in [0.717, 1.165) is 16.6 Å². The fourth-order valence-electron chi connectivity index (χ4n) is 2.11. The van der Waals surface area contributed by atoms with E-state index in [1.165, 1.54) is 40.3 Å². The standard InChI is InChI=1S/C16H15F2N5O2S2/c1-9(14(24)20-10-4-6-11(7-5-10)25-15(17)18)27-16-22-21-13(23(16)19)12-3-2-8-26-12/h2-9,15H,19H2,1H3,(H,20,24). The Bertz CT molecular complexity index is 900. The lowest BCUT2D eigenvalue weighted by molar-refractivity contribution is -0.115. The summed E-state index contributed by atoms with van der Waals surface area (Å²) in [5.74, 6) is 6.27. The number of nitrogens with zero attached hydrogens (tertiary/aromatic N) is 3. The number of nitrogens with two attached hydrogens (primary N) is 1. The number of alkyl halides is 2. The van der Waals surface area contributed by atoms with Crippen LogP contribution in [0.15, 0.2) is 46.9 Å². The number of hydrogen-bond donors (Lipinski definition) is 2. The van der Waals surface area contributed by atoms with Crippen LogP contribution in [0.3, 0.4) is 0 Å². The fourth-order valence-corrected chi connectivity index (χ4v) is 3.58. The summed E-state index contributed by atoms with van der Waals surface area (Å²) < 4.78 is 29.9. The highest BCUT2D eigenvalue weighted by Gasteiger charge is 2.20. The largest absolute Gasteiger partial charge is 0.435 e. The van der Waals surface area contributed by atoms with Crippen molar-refractivity contribution in [3.63, 3.8) is 0 Å². The molecule has 3 N–H and O–H groups in total. The Labute approximate surface area is 161 Å². The van der Waals surface area contributed by atoms with E-state index in [9.17, 15) is 13.6 Å². The Kier molecular flexibility index (Phi) is 5.91. The predicted molar refractivity (Wildman–Crippen MR) is 101 cm³/mol. The first-order valence-electron chi connectivity index (χ1n) is 7.71. The van der Waals surface area contributed by atoms with Crippen molar-refractivity contribution in [3.8, 4) is 16.5 Å². The van der Waals surface area contributed by atoms with Gasteiger partial charge in [0.25, 0.3) is 0 Å². The number of thiophene rings is 1. The second kappa shape index (κ2) is 8.35. The Balaban J connectivity index is 1.61. The van der Waals surface area contributed by atoms with Gasteiger partial charge in [-0.05, 0) is 42.6 Å². The number of anilines is 1. The number of halogens is 2. The first-order valence-corrected chi connectivity index (χ1v) is 9.46. The van der Waals surface area contributed by atoms with Crippen molar-refractivity contribution in [2.45, 2.75) is 23.9 Å². The molecule has 2 aromatic heterocycles. The van der Waals surface area contributed by atoms with Crippen molar-refractivity contribution in [2.75, 3.05) is 11.2 Å². The summed E-state index contributed by atoms with van der Waals surface area (Å²) in [7, 11) is 0. The van der Waals surface area contributed by atoms with Gasteiger partial charge in [-0.1, -0.05) is 17.8 Å². The Hall–Kier alpha value is -2.66. The van der Waals surface area contributed by atoms with E-state index in [2.05, 4.69) is 20.3 Å². The average molecular weight is 411 g/mol. The van der Waals surface area contributed by atoms with Crippen molar-refractivity contribution in [1.29, 1.82) is 0 Å². The van der Waals surface area contributed by atoms with Gasteiger partial charge in [0.15, 0.2) is 5.82 Å². The second-order valence-electron chi connectivity index (χ2n) is 5.31. The van der Waals surface area contributed by atoms with Gasteiger partial charge in [-0.25, -0.2) is 4.68 Å². The molecule has 1 amide bonds. The zero-order chi connectivity index (χ0) is 19.4. The lowest BCUT2D eigenvalue weighted by atomic mass is 10.3. The van der Waals surface area contributed by atoms with Crippen LogP contribution in [-0.4, -0.2) is 32.6 Å². The highest BCUT2D eigenvalue weighted by Crippen LogP contribution is 2.27. The third kappa shape index (κ3) is 4.74. The lowest BCUT2D eigenvalue weighted by Gasteiger charge is -2.12. The van der Waals surface area contributed by atoms with Crippen molar-refractivity contribution < 1.29 is 18.3 Å². The maximum atomic E-state index is 12.3. The molecule has 3 aromatic rings. The third-order valence-corrected chi connectivity index (χ3v) is 5.33. The highest BCUT2D eigenvalue weighted by atomic mass is 32.2. The molecular formula is C16H15F2N5O2S2. The van der Waals surface area contributed by atoms with Gasteiger partial charge < -0.3 is 15.9 Å². The highest BCUT2D eigenvalue weighted by molar-refractivity contribution is 8.00. The molecule has 142 valence electrons. The maximum Gasteiger partial charge on any atom is 0.387 e. The zero-order valence-corrected chi connectivity index (χ0v) is 15.6. The van der Waals surface area contributed by atoms with Crippen LogP contribution in [-0.2, 0) is 4.79 Å². The van der Waals surface area contributed by atoms with Crippen LogP contribution < -0.4 is 15.9 Å². The Morgan fingerprint density at radius 2 is 2.04 bits per heavy atom. The lowest BCUT2D eigenvalue weighted by Crippen LogP contribution is -2.23. The van der Waals surface area contributed by atoms with E-state index in [0.29, 0.717) is 16.7 Å². The van der Waals surface area contributed by atoms with E-state index < -0.39 is 11.9 Å². The molecule has 1 aromatic carbocycles. The monoisotopic (exact) mass is 411 g/mol. The molecule has 7 nitrogen and oxygen atoms in total. The van der Waals surface area contributed by atoms with Crippen LogP contribution in [0.25, 0.3) is 10.7 Å². The minimum Gasteiger partial charge on any atom is -0.435 e. The summed E-state index contributed by atoms with van der Waals surface area (Å²) in [6, 6.07) is 9.42. The van der Waals surface area contributed by atoms with Crippen molar-refractivity contribution in [3.05, 3.63) is 41.8 Å². The maximum absolute atomic E-state index is 12.3. The van der Waals surface area contributed by atoms with Crippen LogP contribution in [0.4, 0.5) is 14.5 Å². The number of nitrogen functional groups attached to an aromatic ring is 1. The van der Waals surface area contributed by atoms with Gasteiger partial charge in [-0.15, -0.1) is 21.5 Å². The molecule has 0 aliphatic rings. The van der Waals surface area contributed by atoms with Crippen LogP contribution in [0, 0.1) is 0 Å². The fraction of sp³-hybridized carbons (Fsp3) is 0.188. The summed E-state index contributed by atoms with van der Waals surface area (Å²) in [6.07, 6.45) is 0. The number of carbonyl (C=O) groups is 1. The SMILES string of the molecule is CC(Sc1nnc(-c2cccs2)n1N)C(=O)Nc1ccc(OC(F)F)cc1.